The van der Waals surface area contributed by atoms with Gasteiger partial charge in [-0.1, -0.05) is 83.1 Å². The van der Waals surface area contributed by atoms with Gasteiger partial charge in [0.25, 0.3) is 0 Å². The van der Waals surface area contributed by atoms with Gasteiger partial charge in [0, 0.05) is 12.1 Å². The van der Waals surface area contributed by atoms with Gasteiger partial charge in [0.1, 0.15) is 0 Å². The first-order chi connectivity index (χ1) is 15.9. The maximum absolute atomic E-state index is 2.97. The topological polar surface area (TPSA) is 3.24 Å². The molecule has 0 aromatic heterocycles. The standard InChI is InChI=1S/C35H65N/c1-28(2)14-26(16-34(20-28)22-30(5,6)18-31(7,8)23-34)36(13)27-15-29(3,4)21-35(17-27)24-32(9,10)19-33(11,12)25-35/h26-27H,14-25H2,1-13H3. The summed E-state index contributed by atoms with van der Waals surface area (Å²) in [4.78, 5) is 2.97. The molecule has 0 amide bonds. The van der Waals surface area contributed by atoms with Crippen LogP contribution in [0.4, 0.5) is 0 Å². The van der Waals surface area contributed by atoms with Crippen LogP contribution in [0.2, 0.25) is 0 Å². The molecule has 4 saturated carbocycles. The van der Waals surface area contributed by atoms with E-state index in [0.717, 1.165) is 12.1 Å². The first-order valence-electron chi connectivity index (χ1n) is 15.7. The van der Waals surface area contributed by atoms with E-state index in [-0.39, 0.29) is 0 Å². The molecule has 4 fully saturated rings. The van der Waals surface area contributed by atoms with Crippen LogP contribution in [0.5, 0.6) is 0 Å². The lowest BCUT2D eigenvalue weighted by Gasteiger charge is -2.62. The van der Waals surface area contributed by atoms with E-state index < -0.39 is 0 Å². The zero-order chi connectivity index (χ0) is 27.2. The molecule has 4 aliphatic carbocycles. The summed E-state index contributed by atoms with van der Waals surface area (Å²) in [6.45, 7) is 30.9. The first kappa shape index (κ1) is 29.0. The number of hydrogen-bond acceptors (Lipinski definition) is 1. The van der Waals surface area contributed by atoms with Gasteiger partial charge in [-0.25, -0.2) is 0 Å². The highest BCUT2D eigenvalue weighted by molar-refractivity contribution is 5.08. The van der Waals surface area contributed by atoms with Crippen LogP contribution < -0.4 is 0 Å². The van der Waals surface area contributed by atoms with Crippen LogP contribution >= 0.6 is 0 Å². The van der Waals surface area contributed by atoms with Crippen molar-refractivity contribution in [1.82, 2.24) is 4.90 Å². The molecular formula is C35H65N. The molecule has 4 aliphatic rings. The third-order valence-electron chi connectivity index (χ3n) is 11.1. The summed E-state index contributed by atoms with van der Waals surface area (Å²) in [6.07, 6.45) is 17.0. The first-order valence-corrected chi connectivity index (χ1v) is 15.7. The highest BCUT2D eigenvalue weighted by atomic mass is 15.2. The van der Waals surface area contributed by atoms with Crippen molar-refractivity contribution < 1.29 is 0 Å². The quantitative estimate of drug-likeness (QED) is 0.365. The second-order valence-corrected chi connectivity index (χ2v) is 20.2. The van der Waals surface area contributed by atoms with Gasteiger partial charge >= 0.3 is 0 Å². The minimum atomic E-state index is 0.442. The summed E-state index contributed by atoms with van der Waals surface area (Å²) in [7, 11) is 2.55. The van der Waals surface area contributed by atoms with Gasteiger partial charge < -0.3 is 4.90 Å². The van der Waals surface area contributed by atoms with Crippen molar-refractivity contribution in [3.8, 4) is 0 Å². The molecule has 0 aliphatic heterocycles. The molecule has 4 rings (SSSR count). The SMILES string of the molecule is CN(C1CC(C)(C)CC2(C1)CC(C)(C)CC(C)(C)C2)C1CC(C)(C)CC2(C1)CC(C)(C)CC(C)(C)C2. The Labute approximate surface area is 227 Å². The summed E-state index contributed by atoms with van der Waals surface area (Å²) >= 11 is 0. The van der Waals surface area contributed by atoms with Crippen LogP contribution in [-0.4, -0.2) is 24.0 Å². The van der Waals surface area contributed by atoms with Crippen molar-refractivity contribution in [2.75, 3.05) is 7.05 Å². The Hall–Kier alpha value is -0.0400. The van der Waals surface area contributed by atoms with Gasteiger partial charge in [-0.3, -0.25) is 0 Å². The summed E-state index contributed by atoms with van der Waals surface area (Å²) < 4.78 is 0. The zero-order valence-corrected chi connectivity index (χ0v) is 27.1. The summed E-state index contributed by atoms with van der Waals surface area (Å²) in [6, 6.07) is 1.47. The Morgan fingerprint density at radius 2 is 0.611 bits per heavy atom. The Morgan fingerprint density at radius 3 is 0.889 bits per heavy atom. The minimum Gasteiger partial charge on any atom is -0.300 e. The lowest BCUT2D eigenvalue weighted by atomic mass is 9.47. The largest absolute Gasteiger partial charge is 0.300 e. The molecule has 0 saturated heterocycles. The summed E-state index contributed by atoms with van der Waals surface area (Å²) in [5.74, 6) is 0. The van der Waals surface area contributed by atoms with E-state index in [1.807, 2.05) is 0 Å². The average Bonchev–Trinajstić information content (AvgIpc) is 2.50. The van der Waals surface area contributed by atoms with E-state index in [9.17, 15) is 0 Å². The third kappa shape index (κ3) is 6.39. The molecule has 0 aromatic rings. The van der Waals surface area contributed by atoms with Gasteiger partial charge in [0.2, 0.25) is 0 Å². The lowest BCUT2D eigenvalue weighted by molar-refractivity contribution is -0.109. The van der Waals surface area contributed by atoms with Crippen LogP contribution in [-0.2, 0) is 0 Å². The minimum absolute atomic E-state index is 0.442. The summed E-state index contributed by atoms with van der Waals surface area (Å²) in [5, 5.41) is 0. The van der Waals surface area contributed by atoms with E-state index in [1.165, 1.54) is 77.0 Å². The molecule has 0 N–H and O–H groups in total. The lowest BCUT2D eigenvalue weighted by Crippen LogP contribution is -2.57. The van der Waals surface area contributed by atoms with Crippen LogP contribution in [0.25, 0.3) is 0 Å². The Balaban J connectivity index is 1.62. The molecule has 210 valence electrons. The van der Waals surface area contributed by atoms with Gasteiger partial charge in [0.05, 0.1) is 0 Å². The molecule has 0 bridgehead atoms. The molecule has 0 aromatic carbocycles. The number of rotatable bonds is 2. The predicted molar refractivity (Wildman–Crippen MR) is 158 cm³/mol. The average molecular weight is 500 g/mol. The zero-order valence-electron chi connectivity index (χ0n) is 27.1. The highest BCUT2D eigenvalue weighted by Gasteiger charge is 2.56. The number of nitrogens with zero attached hydrogens (tertiary/aromatic N) is 1. The normalized spacial score (nSPS) is 37.2. The second-order valence-electron chi connectivity index (χ2n) is 20.2. The molecule has 2 atom stereocenters. The fourth-order valence-electron chi connectivity index (χ4n) is 13.2. The number of hydrogen-bond donors (Lipinski definition) is 0. The third-order valence-corrected chi connectivity index (χ3v) is 11.1. The van der Waals surface area contributed by atoms with Crippen molar-refractivity contribution in [2.24, 2.45) is 43.3 Å². The van der Waals surface area contributed by atoms with Crippen molar-refractivity contribution in [1.29, 1.82) is 0 Å². The molecular weight excluding hydrogens is 434 g/mol. The molecule has 0 heterocycles. The molecule has 0 radical (unpaired) electrons. The Bertz CT molecular complexity index is 711. The molecule has 2 spiro atoms. The van der Waals surface area contributed by atoms with Crippen molar-refractivity contribution in [3.63, 3.8) is 0 Å². The predicted octanol–water partition coefficient (Wildman–Crippen LogP) is 10.5. The molecule has 1 heteroatoms. The summed E-state index contributed by atoms with van der Waals surface area (Å²) in [5.41, 5.74) is 3.78. The second kappa shape index (κ2) is 8.48. The molecule has 1 nitrogen and oxygen atoms in total. The molecule has 2 unspecified atom stereocenters. The van der Waals surface area contributed by atoms with E-state index in [4.69, 9.17) is 0 Å². The van der Waals surface area contributed by atoms with E-state index in [0.29, 0.717) is 43.3 Å². The Morgan fingerprint density at radius 1 is 0.361 bits per heavy atom. The maximum atomic E-state index is 2.97. The van der Waals surface area contributed by atoms with Gasteiger partial charge in [0.15, 0.2) is 0 Å². The smallest absolute Gasteiger partial charge is 0.0105 e. The van der Waals surface area contributed by atoms with E-state index >= 15 is 0 Å². The van der Waals surface area contributed by atoms with E-state index in [1.54, 1.807) is 0 Å². The van der Waals surface area contributed by atoms with Crippen LogP contribution in [0.1, 0.15) is 160 Å². The maximum Gasteiger partial charge on any atom is 0.0105 e. The van der Waals surface area contributed by atoms with Gasteiger partial charge in [-0.05, 0) is 127 Å². The van der Waals surface area contributed by atoms with Crippen LogP contribution in [0, 0.1) is 43.3 Å². The fraction of sp³-hybridized carbons (Fsp3) is 1.00. The molecule has 36 heavy (non-hydrogen) atoms. The van der Waals surface area contributed by atoms with Crippen molar-refractivity contribution >= 4 is 0 Å². The Kier molecular flexibility index (Phi) is 6.82. The monoisotopic (exact) mass is 500 g/mol. The fourth-order valence-corrected chi connectivity index (χ4v) is 13.2. The van der Waals surface area contributed by atoms with Crippen molar-refractivity contribution in [2.45, 2.75) is 172 Å². The van der Waals surface area contributed by atoms with Crippen LogP contribution in [0.15, 0.2) is 0 Å². The van der Waals surface area contributed by atoms with E-state index in [2.05, 4.69) is 95.0 Å². The van der Waals surface area contributed by atoms with Crippen LogP contribution in [0.3, 0.4) is 0 Å². The van der Waals surface area contributed by atoms with Gasteiger partial charge in [-0.2, -0.15) is 0 Å². The van der Waals surface area contributed by atoms with Gasteiger partial charge in [-0.15, -0.1) is 0 Å². The highest BCUT2D eigenvalue weighted by Crippen LogP contribution is 2.65. The van der Waals surface area contributed by atoms with Crippen molar-refractivity contribution in [3.05, 3.63) is 0 Å².